The third kappa shape index (κ3) is 4.12. The summed E-state index contributed by atoms with van der Waals surface area (Å²) in [5, 5.41) is 0. The minimum absolute atomic E-state index is 0.107. The van der Waals surface area contributed by atoms with E-state index in [2.05, 4.69) is 6.92 Å². The van der Waals surface area contributed by atoms with Crippen molar-refractivity contribution in [3.63, 3.8) is 0 Å². The fourth-order valence-electron chi connectivity index (χ4n) is 1.51. The highest BCUT2D eigenvalue weighted by atomic mass is 28.4. The Morgan fingerprint density at radius 2 is 1.81 bits per heavy atom. The first-order chi connectivity index (χ1) is 7.69. The van der Waals surface area contributed by atoms with Crippen LogP contribution in [0.5, 0.6) is 0 Å². The molecule has 6 heteroatoms. The molecule has 0 saturated carbocycles. The zero-order valence-electron chi connectivity index (χ0n) is 10.5. The van der Waals surface area contributed by atoms with Gasteiger partial charge in [0.1, 0.15) is 6.10 Å². The van der Waals surface area contributed by atoms with Crippen LogP contribution in [0.2, 0.25) is 6.04 Å². The molecule has 2 unspecified atom stereocenters. The van der Waals surface area contributed by atoms with Gasteiger partial charge in [-0.1, -0.05) is 6.92 Å². The molecule has 1 fully saturated rings. The largest absolute Gasteiger partial charge is 0.502 e. The molecule has 5 nitrogen and oxygen atoms in total. The van der Waals surface area contributed by atoms with E-state index in [1.165, 1.54) is 0 Å². The molecule has 96 valence electrons. The topological polar surface area (TPSA) is 49.5 Å². The van der Waals surface area contributed by atoms with E-state index in [0.717, 1.165) is 13.0 Å². The van der Waals surface area contributed by atoms with Crippen LogP contribution in [0.25, 0.3) is 0 Å². The summed E-state index contributed by atoms with van der Waals surface area (Å²) in [5.74, 6) is 0. The number of epoxide rings is 1. The molecule has 0 N–H and O–H groups in total. The van der Waals surface area contributed by atoms with Crippen molar-refractivity contribution in [1.29, 1.82) is 0 Å². The zero-order valence-corrected chi connectivity index (χ0v) is 11.5. The van der Waals surface area contributed by atoms with Crippen molar-refractivity contribution in [2.45, 2.75) is 31.6 Å². The van der Waals surface area contributed by atoms with Gasteiger partial charge in [0, 0.05) is 27.4 Å². The van der Waals surface area contributed by atoms with Gasteiger partial charge in [0.25, 0.3) is 0 Å². The Hall–Kier alpha value is 0.0169. The maximum absolute atomic E-state index is 5.75. The molecule has 0 bridgehead atoms. The second-order valence-electron chi connectivity index (χ2n) is 3.82. The number of hydrogen-bond acceptors (Lipinski definition) is 5. The molecule has 0 aromatic rings. The van der Waals surface area contributed by atoms with Crippen LogP contribution in [0.1, 0.15) is 13.3 Å². The molecule has 0 radical (unpaired) electrons. The monoisotopic (exact) mass is 250 g/mol. The first kappa shape index (κ1) is 14.1. The lowest BCUT2D eigenvalue weighted by atomic mass is 10.3. The van der Waals surface area contributed by atoms with Gasteiger partial charge in [-0.05, 0) is 6.42 Å². The van der Waals surface area contributed by atoms with Crippen LogP contribution >= 0.6 is 0 Å². The number of hydrogen-bond donors (Lipinski definition) is 0. The molecule has 1 aliphatic heterocycles. The lowest BCUT2D eigenvalue weighted by Crippen LogP contribution is -2.46. The van der Waals surface area contributed by atoms with Gasteiger partial charge in [-0.2, -0.15) is 0 Å². The summed E-state index contributed by atoms with van der Waals surface area (Å²) in [6.45, 7) is 3.55. The minimum Gasteiger partial charge on any atom is -0.377 e. The highest BCUT2D eigenvalue weighted by molar-refractivity contribution is 6.60. The number of rotatable bonds is 9. The van der Waals surface area contributed by atoms with Gasteiger partial charge in [-0.15, -0.1) is 0 Å². The van der Waals surface area contributed by atoms with Gasteiger partial charge >= 0.3 is 8.80 Å². The Morgan fingerprint density at radius 3 is 2.19 bits per heavy atom. The molecule has 0 spiro atoms. The van der Waals surface area contributed by atoms with E-state index in [0.29, 0.717) is 12.7 Å². The van der Waals surface area contributed by atoms with Gasteiger partial charge in [0.15, 0.2) is 0 Å². The van der Waals surface area contributed by atoms with Crippen molar-refractivity contribution >= 4 is 8.80 Å². The SMILES string of the molecule is CCC(C[Si](OC)(OC)OC)OCC1CO1. The van der Waals surface area contributed by atoms with E-state index in [1.54, 1.807) is 21.3 Å². The molecule has 0 amide bonds. The molecular formula is C10H22O5Si. The molecular weight excluding hydrogens is 228 g/mol. The fraction of sp³-hybridized carbons (Fsp3) is 1.00. The summed E-state index contributed by atoms with van der Waals surface area (Å²) in [4.78, 5) is 0. The van der Waals surface area contributed by atoms with Crippen molar-refractivity contribution in [3.8, 4) is 0 Å². The molecule has 2 atom stereocenters. The van der Waals surface area contributed by atoms with Crippen LogP contribution in [-0.2, 0) is 22.8 Å². The predicted molar refractivity (Wildman–Crippen MR) is 61.4 cm³/mol. The van der Waals surface area contributed by atoms with Gasteiger partial charge in [0.2, 0.25) is 0 Å². The van der Waals surface area contributed by atoms with Crippen molar-refractivity contribution in [3.05, 3.63) is 0 Å². The van der Waals surface area contributed by atoms with Crippen LogP contribution in [0.15, 0.2) is 0 Å². The van der Waals surface area contributed by atoms with E-state index < -0.39 is 8.80 Å². The van der Waals surface area contributed by atoms with Crippen LogP contribution in [-0.4, -0.2) is 55.6 Å². The first-order valence-corrected chi connectivity index (χ1v) is 7.51. The Morgan fingerprint density at radius 1 is 1.25 bits per heavy atom. The Bertz CT molecular complexity index is 185. The first-order valence-electron chi connectivity index (χ1n) is 5.58. The summed E-state index contributed by atoms with van der Waals surface area (Å²) < 4.78 is 27.0. The maximum Gasteiger partial charge on any atom is 0.502 e. The Kier molecular flexibility index (Phi) is 5.88. The van der Waals surface area contributed by atoms with Gasteiger partial charge in [-0.25, -0.2) is 0 Å². The molecule has 0 aliphatic carbocycles. The van der Waals surface area contributed by atoms with Gasteiger partial charge in [-0.3, -0.25) is 0 Å². The Balaban J connectivity index is 2.38. The van der Waals surface area contributed by atoms with E-state index in [4.69, 9.17) is 22.8 Å². The average Bonchev–Trinajstić information content (AvgIpc) is 3.14. The fourth-order valence-corrected chi connectivity index (χ4v) is 3.47. The van der Waals surface area contributed by atoms with Crippen molar-refractivity contribution in [2.75, 3.05) is 34.5 Å². The molecule has 1 aliphatic rings. The van der Waals surface area contributed by atoms with E-state index in [9.17, 15) is 0 Å². The van der Waals surface area contributed by atoms with Crippen LogP contribution < -0.4 is 0 Å². The summed E-state index contributed by atoms with van der Waals surface area (Å²) in [5.41, 5.74) is 0. The smallest absolute Gasteiger partial charge is 0.377 e. The Labute approximate surface area is 98.3 Å². The molecule has 1 rings (SSSR count). The standard InChI is InChI=1S/C10H22O5Si/c1-5-9(14-6-10-7-15-10)8-16(11-2,12-3)13-4/h9-10H,5-8H2,1-4H3. The van der Waals surface area contributed by atoms with Gasteiger partial charge < -0.3 is 22.8 Å². The highest BCUT2D eigenvalue weighted by Crippen LogP contribution is 2.20. The van der Waals surface area contributed by atoms with Crippen molar-refractivity contribution < 1.29 is 22.8 Å². The summed E-state index contributed by atoms with van der Waals surface area (Å²) in [6, 6.07) is 0.680. The highest BCUT2D eigenvalue weighted by Gasteiger charge is 2.41. The van der Waals surface area contributed by atoms with Crippen molar-refractivity contribution in [1.82, 2.24) is 0 Å². The zero-order chi connectivity index (χ0) is 12.0. The van der Waals surface area contributed by atoms with Crippen LogP contribution in [0.4, 0.5) is 0 Å². The molecule has 0 aromatic carbocycles. The summed E-state index contributed by atoms with van der Waals surface area (Å²) in [7, 11) is 2.34. The minimum atomic E-state index is -2.52. The lowest BCUT2D eigenvalue weighted by Gasteiger charge is -2.28. The predicted octanol–water partition coefficient (Wildman–Crippen LogP) is 1.06. The average molecular weight is 250 g/mol. The quantitative estimate of drug-likeness (QED) is 0.452. The summed E-state index contributed by atoms with van der Waals surface area (Å²) >= 11 is 0. The van der Waals surface area contributed by atoms with E-state index in [-0.39, 0.29) is 12.2 Å². The second kappa shape index (κ2) is 6.68. The van der Waals surface area contributed by atoms with Crippen LogP contribution in [0.3, 0.4) is 0 Å². The van der Waals surface area contributed by atoms with E-state index in [1.807, 2.05) is 0 Å². The molecule has 0 aromatic heterocycles. The van der Waals surface area contributed by atoms with Crippen LogP contribution in [0, 0.1) is 0 Å². The number of ether oxygens (including phenoxy) is 2. The normalized spacial score (nSPS) is 22.1. The van der Waals surface area contributed by atoms with E-state index >= 15 is 0 Å². The lowest BCUT2D eigenvalue weighted by molar-refractivity contribution is 0.0319. The van der Waals surface area contributed by atoms with Crippen molar-refractivity contribution in [2.24, 2.45) is 0 Å². The maximum atomic E-state index is 5.75. The summed E-state index contributed by atoms with van der Waals surface area (Å²) in [6.07, 6.45) is 1.31. The molecule has 1 saturated heterocycles. The third-order valence-corrected chi connectivity index (χ3v) is 5.61. The van der Waals surface area contributed by atoms with Gasteiger partial charge in [0.05, 0.1) is 19.3 Å². The third-order valence-electron chi connectivity index (χ3n) is 2.79. The second-order valence-corrected chi connectivity index (χ2v) is 6.82. The molecule has 16 heavy (non-hydrogen) atoms. The molecule has 1 heterocycles.